The SMILES string of the molecule is C=C1C2CC(COC3=CC=C(C(F)(F)F)N=C(C)CC3)N(Cc3nc(C)ccc3-c3ccccc3)CC12. The maximum Gasteiger partial charge on any atom is 0.433 e. The van der Waals surface area contributed by atoms with E-state index in [9.17, 15) is 13.2 Å². The number of aromatic nitrogens is 1. The molecule has 4 nitrogen and oxygen atoms in total. The maximum atomic E-state index is 13.3. The highest BCUT2D eigenvalue weighted by Crippen LogP contribution is 2.52. The van der Waals surface area contributed by atoms with Crippen molar-refractivity contribution in [2.45, 2.75) is 51.9 Å². The van der Waals surface area contributed by atoms with Crippen LogP contribution in [0, 0.1) is 18.8 Å². The van der Waals surface area contributed by atoms with E-state index in [0.717, 1.165) is 41.6 Å². The smallest absolute Gasteiger partial charge is 0.433 e. The summed E-state index contributed by atoms with van der Waals surface area (Å²) in [6.45, 7) is 9.88. The first-order valence-corrected chi connectivity index (χ1v) is 12.8. The zero-order chi connectivity index (χ0) is 26.2. The largest absolute Gasteiger partial charge is 0.496 e. The van der Waals surface area contributed by atoms with Crippen LogP contribution >= 0.6 is 0 Å². The van der Waals surface area contributed by atoms with Gasteiger partial charge in [-0.25, -0.2) is 0 Å². The van der Waals surface area contributed by atoms with E-state index in [1.54, 1.807) is 6.92 Å². The quantitative estimate of drug-likeness (QED) is 0.394. The molecule has 3 aliphatic rings. The van der Waals surface area contributed by atoms with E-state index in [-0.39, 0.29) is 6.04 Å². The first-order chi connectivity index (χ1) is 17.7. The molecule has 2 aliphatic heterocycles. The second-order valence-corrected chi connectivity index (χ2v) is 10.3. The van der Waals surface area contributed by atoms with Crippen LogP contribution in [-0.4, -0.2) is 41.0 Å². The van der Waals surface area contributed by atoms with Gasteiger partial charge in [0, 0.05) is 42.5 Å². The zero-order valence-corrected chi connectivity index (χ0v) is 21.3. The summed E-state index contributed by atoms with van der Waals surface area (Å²) in [5.41, 5.74) is 5.10. The molecule has 3 unspecified atom stereocenters. The lowest BCUT2D eigenvalue weighted by Gasteiger charge is -2.35. The van der Waals surface area contributed by atoms with Gasteiger partial charge < -0.3 is 4.74 Å². The van der Waals surface area contributed by atoms with Gasteiger partial charge in [0.25, 0.3) is 0 Å². The van der Waals surface area contributed by atoms with Gasteiger partial charge in [-0.05, 0) is 62.3 Å². The number of halogens is 3. The van der Waals surface area contributed by atoms with Crippen molar-refractivity contribution in [3.63, 3.8) is 0 Å². The number of aliphatic imine (C=N–C) groups is 1. The average Bonchev–Trinajstić information content (AvgIpc) is 3.48. The Morgan fingerprint density at radius 1 is 1.03 bits per heavy atom. The number of hydrogen-bond donors (Lipinski definition) is 0. The molecule has 3 atom stereocenters. The van der Waals surface area contributed by atoms with E-state index in [1.807, 2.05) is 31.2 Å². The van der Waals surface area contributed by atoms with Crippen molar-refractivity contribution in [1.82, 2.24) is 9.88 Å². The summed E-state index contributed by atoms with van der Waals surface area (Å²) in [6.07, 6.45) is -0.131. The summed E-state index contributed by atoms with van der Waals surface area (Å²) >= 11 is 0. The number of ether oxygens (including phenoxy) is 1. The van der Waals surface area contributed by atoms with Crippen LogP contribution in [0.2, 0.25) is 0 Å². The van der Waals surface area contributed by atoms with E-state index in [0.29, 0.717) is 49.3 Å². The Morgan fingerprint density at radius 2 is 1.81 bits per heavy atom. The summed E-state index contributed by atoms with van der Waals surface area (Å²) in [5.74, 6) is 1.56. The number of likely N-dealkylation sites (tertiary alicyclic amines) is 1. The lowest BCUT2D eigenvalue weighted by Crippen LogP contribution is -2.43. The highest BCUT2D eigenvalue weighted by molar-refractivity contribution is 5.83. The number of rotatable bonds is 6. The summed E-state index contributed by atoms with van der Waals surface area (Å²) in [4.78, 5) is 11.1. The minimum Gasteiger partial charge on any atom is -0.496 e. The van der Waals surface area contributed by atoms with Crippen LogP contribution in [0.15, 0.2) is 83.2 Å². The van der Waals surface area contributed by atoms with Gasteiger partial charge in [0.05, 0.1) is 11.5 Å². The summed E-state index contributed by atoms with van der Waals surface area (Å²) in [7, 11) is 0. The van der Waals surface area contributed by atoms with Gasteiger partial charge in [-0.1, -0.05) is 48.6 Å². The lowest BCUT2D eigenvalue weighted by atomic mass is 9.99. The molecule has 1 saturated heterocycles. The minimum absolute atomic E-state index is 0.124. The van der Waals surface area contributed by atoms with Gasteiger partial charge in [-0.2, -0.15) is 13.2 Å². The average molecular weight is 508 g/mol. The molecular formula is C30H32F3N3O. The van der Waals surface area contributed by atoms with Crippen molar-refractivity contribution in [2.75, 3.05) is 13.2 Å². The fourth-order valence-electron chi connectivity index (χ4n) is 5.36. The van der Waals surface area contributed by atoms with Gasteiger partial charge in [-0.15, -0.1) is 0 Å². The molecule has 194 valence electrons. The fraction of sp³-hybridized carbons (Fsp3) is 0.400. The van der Waals surface area contributed by atoms with Crippen molar-refractivity contribution in [3.05, 3.63) is 89.6 Å². The van der Waals surface area contributed by atoms with E-state index in [2.05, 4.69) is 34.7 Å². The van der Waals surface area contributed by atoms with Gasteiger partial charge in [-0.3, -0.25) is 14.9 Å². The highest BCUT2D eigenvalue weighted by Gasteiger charge is 2.49. The number of fused-ring (bicyclic) bond motifs is 1. The predicted molar refractivity (Wildman–Crippen MR) is 140 cm³/mol. The van der Waals surface area contributed by atoms with Gasteiger partial charge in [0.2, 0.25) is 0 Å². The Morgan fingerprint density at radius 3 is 2.57 bits per heavy atom. The summed E-state index contributed by atoms with van der Waals surface area (Å²) < 4.78 is 46.1. The zero-order valence-electron chi connectivity index (χ0n) is 21.3. The van der Waals surface area contributed by atoms with Crippen LogP contribution in [0.5, 0.6) is 0 Å². The molecule has 3 heterocycles. The molecule has 0 spiro atoms. The Hall–Kier alpha value is -3.19. The van der Waals surface area contributed by atoms with Gasteiger partial charge in [0.15, 0.2) is 0 Å². The Balaban J connectivity index is 1.35. The third-order valence-corrected chi connectivity index (χ3v) is 7.58. The molecule has 7 heteroatoms. The molecule has 37 heavy (non-hydrogen) atoms. The number of pyridine rings is 1. The van der Waals surface area contributed by atoms with Gasteiger partial charge >= 0.3 is 6.18 Å². The van der Waals surface area contributed by atoms with Crippen molar-refractivity contribution in [3.8, 4) is 11.1 Å². The Bertz CT molecular complexity index is 1260. The van der Waals surface area contributed by atoms with Crippen molar-refractivity contribution >= 4 is 5.71 Å². The monoisotopic (exact) mass is 507 g/mol. The van der Waals surface area contributed by atoms with Crippen LogP contribution in [0.1, 0.15) is 37.6 Å². The maximum absolute atomic E-state index is 13.3. The minimum atomic E-state index is -4.49. The molecule has 1 aliphatic carbocycles. The van der Waals surface area contributed by atoms with Crippen molar-refractivity contribution in [2.24, 2.45) is 16.8 Å². The molecule has 5 rings (SSSR count). The van der Waals surface area contributed by atoms with Crippen LogP contribution < -0.4 is 0 Å². The number of aryl methyl sites for hydroxylation is 1. The molecule has 1 saturated carbocycles. The number of benzene rings is 1. The first-order valence-electron chi connectivity index (χ1n) is 12.8. The van der Waals surface area contributed by atoms with E-state index >= 15 is 0 Å². The first kappa shape index (κ1) is 25.5. The van der Waals surface area contributed by atoms with Crippen LogP contribution in [-0.2, 0) is 11.3 Å². The predicted octanol–water partition coefficient (Wildman–Crippen LogP) is 7.03. The molecular weight excluding hydrogens is 475 g/mol. The van der Waals surface area contributed by atoms with Crippen molar-refractivity contribution < 1.29 is 17.9 Å². The Labute approximate surface area is 216 Å². The molecule has 2 aromatic rings. The highest BCUT2D eigenvalue weighted by atomic mass is 19.4. The van der Waals surface area contributed by atoms with E-state index in [4.69, 9.17) is 9.72 Å². The summed E-state index contributed by atoms with van der Waals surface area (Å²) in [5, 5.41) is 0. The molecule has 0 bridgehead atoms. The number of hydrogen-bond acceptors (Lipinski definition) is 4. The Kier molecular flexibility index (Phi) is 7.08. The van der Waals surface area contributed by atoms with Crippen LogP contribution in [0.3, 0.4) is 0 Å². The normalized spacial score (nSPS) is 24.3. The van der Waals surface area contributed by atoms with Gasteiger partial charge in [0.1, 0.15) is 12.3 Å². The third-order valence-electron chi connectivity index (χ3n) is 7.58. The second-order valence-electron chi connectivity index (χ2n) is 10.3. The molecule has 1 aromatic heterocycles. The van der Waals surface area contributed by atoms with E-state index in [1.165, 1.54) is 11.6 Å². The standard InChI is InChI=1S/C30H32F3N3O/c1-19-10-13-25(22-7-5-4-6-8-22)28(34-19)17-36-16-27-21(3)26(27)15-23(36)18-37-24-11-9-20(2)35-29(14-12-24)30(31,32)33/h4-8,10,12-14,23,26-27H,3,9,11,15-18H2,1-2H3. The third kappa shape index (κ3) is 5.87. The molecule has 1 aromatic carbocycles. The van der Waals surface area contributed by atoms with Crippen molar-refractivity contribution in [1.29, 1.82) is 0 Å². The van der Waals surface area contributed by atoms with E-state index < -0.39 is 11.9 Å². The molecule has 0 N–H and O–H groups in total. The molecule has 0 radical (unpaired) electrons. The fourth-order valence-corrected chi connectivity index (χ4v) is 5.36. The lowest BCUT2D eigenvalue weighted by molar-refractivity contribution is -0.0923. The van der Waals surface area contributed by atoms with Crippen LogP contribution in [0.4, 0.5) is 13.2 Å². The number of nitrogens with zero attached hydrogens (tertiary/aromatic N) is 3. The number of piperidine rings is 1. The van der Waals surface area contributed by atoms with Crippen LogP contribution in [0.25, 0.3) is 11.1 Å². The molecule has 2 fully saturated rings. The summed E-state index contributed by atoms with van der Waals surface area (Å²) in [6, 6.07) is 14.6. The number of alkyl halides is 3. The number of allylic oxidation sites excluding steroid dienone is 4. The second kappa shape index (κ2) is 10.3. The molecule has 0 amide bonds. The topological polar surface area (TPSA) is 37.7 Å².